The Balaban J connectivity index is 2.04. The summed E-state index contributed by atoms with van der Waals surface area (Å²) in [7, 11) is 0. The second kappa shape index (κ2) is 5.85. The Labute approximate surface area is 122 Å². The minimum atomic E-state index is -0.249. The van der Waals surface area contributed by atoms with E-state index in [0.717, 1.165) is 11.3 Å². The molecule has 0 amide bonds. The summed E-state index contributed by atoms with van der Waals surface area (Å²) in [5.74, 6) is -0.249. The molecule has 4 nitrogen and oxygen atoms in total. The number of hydrogen-bond acceptors (Lipinski definition) is 3. The van der Waals surface area contributed by atoms with Crippen molar-refractivity contribution in [3.8, 4) is 11.3 Å². The molecule has 2 N–H and O–H groups in total. The largest absolute Gasteiger partial charge is 0.325 e. The van der Waals surface area contributed by atoms with Crippen LogP contribution in [0.15, 0.2) is 54.6 Å². The van der Waals surface area contributed by atoms with E-state index in [1.54, 1.807) is 22.9 Å². The first kappa shape index (κ1) is 13.5. The van der Waals surface area contributed by atoms with Gasteiger partial charge in [0.1, 0.15) is 11.5 Å². The Morgan fingerprint density at radius 1 is 1.00 bits per heavy atom. The molecule has 1 heterocycles. The molecule has 0 radical (unpaired) electrons. The van der Waals surface area contributed by atoms with Gasteiger partial charge >= 0.3 is 0 Å². The topological polar surface area (TPSA) is 56.7 Å². The smallest absolute Gasteiger partial charge is 0.128 e. The van der Waals surface area contributed by atoms with Crippen LogP contribution in [0.1, 0.15) is 11.3 Å². The summed E-state index contributed by atoms with van der Waals surface area (Å²) in [4.78, 5) is 0. The maximum absolute atomic E-state index is 13.8. The van der Waals surface area contributed by atoms with Gasteiger partial charge in [0.25, 0.3) is 0 Å². The Bertz CT molecular complexity index is 737. The van der Waals surface area contributed by atoms with Crippen molar-refractivity contribution in [3.05, 3.63) is 71.7 Å². The Kier molecular flexibility index (Phi) is 3.75. The van der Waals surface area contributed by atoms with Crippen LogP contribution < -0.4 is 5.73 Å². The van der Waals surface area contributed by atoms with Crippen LogP contribution in [-0.4, -0.2) is 15.0 Å². The lowest BCUT2D eigenvalue weighted by atomic mass is 10.1. The molecule has 0 saturated carbocycles. The van der Waals surface area contributed by atoms with Crippen molar-refractivity contribution in [1.29, 1.82) is 0 Å². The van der Waals surface area contributed by atoms with Gasteiger partial charge in [-0.15, -0.1) is 5.10 Å². The molecule has 0 aliphatic heterocycles. The molecule has 0 atom stereocenters. The van der Waals surface area contributed by atoms with Crippen LogP contribution in [-0.2, 0) is 13.1 Å². The van der Waals surface area contributed by atoms with Gasteiger partial charge in [-0.1, -0.05) is 53.7 Å². The van der Waals surface area contributed by atoms with E-state index in [4.69, 9.17) is 5.73 Å². The molecule has 0 aliphatic rings. The first-order chi connectivity index (χ1) is 10.3. The fourth-order valence-corrected chi connectivity index (χ4v) is 2.30. The van der Waals surface area contributed by atoms with Crippen molar-refractivity contribution in [2.75, 3.05) is 0 Å². The summed E-state index contributed by atoms with van der Waals surface area (Å²) in [5, 5.41) is 8.22. The predicted molar refractivity (Wildman–Crippen MR) is 78.9 cm³/mol. The van der Waals surface area contributed by atoms with Crippen LogP contribution in [0.3, 0.4) is 0 Å². The third-order valence-corrected chi connectivity index (χ3v) is 3.32. The molecule has 0 saturated heterocycles. The van der Waals surface area contributed by atoms with Crippen molar-refractivity contribution in [2.45, 2.75) is 13.1 Å². The first-order valence-electron chi connectivity index (χ1n) is 6.71. The lowest BCUT2D eigenvalue weighted by molar-refractivity contribution is 0.579. The summed E-state index contributed by atoms with van der Waals surface area (Å²) in [6.45, 7) is 0.616. The van der Waals surface area contributed by atoms with Gasteiger partial charge in [-0.3, -0.25) is 0 Å². The number of nitrogens with zero attached hydrogens (tertiary/aromatic N) is 3. The molecule has 1 aromatic heterocycles. The number of nitrogens with two attached hydrogens (primary N) is 1. The maximum atomic E-state index is 13.8. The summed E-state index contributed by atoms with van der Waals surface area (Å²) >= 11 is 0. The normalized spacial score (nSPS) is 10.8. The Hall–Kier alpha value is -2.53. The molecule has 0 fully saturated rings. The van der Waals surface area contributed by atoms with Crippen LogP contribution in [0.4, 0.5) is 4.39 Å². The highest BCUT2D eigenvalue weighted by Crippen LogP contribution is 2.23. The molecular weight excluding hydrogens is 267 g/mol. The van der Waals surface area contributed by atoms with E-state index in [9.17, 15) is 4.39 Å². The van der Waals surface area contributed by atoms with Gasteiger partial charge in [0.05, 0.1) is 12.2 Å². The van der Waals surface area contributed by atoms with E-state index in [2.05, 4.69) is 10.3 Å². The molecule has 0 unspecified atom stereocenters. The van der Waals surface area contributed by atoms with Crippen molar-refractivity contribution >= 4 is 0 Å². The molecule has 0 bridgehead atoms. The zero-order valence-electron chi connectivity index (χ0n) is 11.4. The molecule has 3 aromatic rings. The van der Waals surface area contributed by atoms with Gasteiger partial charge in [-0.2, -0.15) is 0 Å². The monoisotopic (exact) mass is 282 g/mol. The van der Waals surface area contributed by atoms with Gasteiger partial charge in [0, 0.05) is 17.7 Å². The van der Waals surface area contributed by atoms with Gasteiger partial charge in [-0.25, -0.2) is 9.07 Å². The SMILES string of the molecule is NCc1nnn(Cc2ccccc2F)c1-c1ccccc1. The highest BCUT2D eigenvalue weighted by atomic mass is 19.1. The average Bonchev–Trinajstić information content (AvgIpc) is 2.93. The first-order valence-corrected chi connectivity index (χ1v) is 6.71. The van der Waals surface area contributed by atoms with Crippen LogP contribution in [0, 0.1) is 5.82 Å². The average molecular weight is 282 g/mol. The number of aromatic nitrogens is 3. The van der Waals surface area contributed by atoms with Gasteiger partial charge in [-0.05, 0) is 6.07 Å². The molecule has 0 aliphatic carbocycles. The van der Waals surface area contributed by atoms with E-state index in [1.807, 2.05) is 30.3 Å². The van der Waals surface area contributed by atoms with Gasteiger partial charge < -0.3 is 5.73 Å². The second-order valence-electron chi connectivity index (χ2n) is 4.70. The minimum Gasteiger partial charge on any atom is -0.325 e. The lowest BCUT2D eigenvalue weighted by Crippen LogP contribution is -2.07. The van der Waals surface area contributed by atoms with Gasteiger partial charge in [0.2, 0.25) is 0 Å². The van der Waals surface area contributed by atoms with E-state index in [-0.39, 0.29) is 5.82 Å². The van der Waals surface area contributed by atoms with Crippen molar-refractivity contribution < 1.29 is 4.39 Å². The van der Waals surface area contributed by atoms with E-state index >= 15 is 0 Å². The molecule has 106 valence electrons. The minimum absolute atomic E-state index is 0.249. The summed E-state index contributed by atoms with van der Waals surface area (Å²) < 4.78 is 15.5. The van der Waals surface area contributed by atoms with E-state index in [1.165, 1.54) is 6.07 Å². The summed E-state index contributed by atoms with van der Waals surface area (Å²) in [5.41, 5.74) is 8.82. The third-order valence-electron chi connectivity index (χ3n) is 3.32. The molecular formula is C16H15FN4. The highest BCUT2D eigenvalue weighted by molar-refractivity contribution is 5.61. The molecule has 0 spiro atoms. The molecule has 2 aromatic carbocycles. The summed E-state index contributed by atoms with van der Waals surface area (Å²) in [6.07, 6.45) is 0. The predicted octanol–water partition coefficient (Wildman–Crippen LogP) is 2.59. The Morgan fingerprint density at radius 3 is 2.43 bits per heavy atom. The van der Waals surface area contributed by atoms with E-state index in [0.29, 0.717) is 24.3 Å². The number of rotatable bonds is 4. The van der Waals surface area contributed by atoms with Crippen LogP contribution in [0.25, 0.3) is 11.3 Å². The third kappa shape index (κ3) is 2.68. The Morgan fingerprint density at radius 2 is 1.71 bits per heavy atom. The molecule has 21 heavy (non-hydrogen) atoms. The highest BCUT2D eigenvalue weighted by Gasteiger charge is 2.14. The van der Waals surface area contributed by atoms with Crippen molar-refractivity contribution in [1.82, 2.24) is 15.0 Å². The van der Waals surface area contributed by atoms with Crippen LogP contribution in [0.2, 0.25) is 0 Å². The quantitative estimate of drug-likeness (QED) is 0.800. The van der Waals surface area contributed by atoms with Crippen molar-refractivity contribution in [2.24, 2.45) is 5.73 Å². The van der Waals surface area contributed by atoms with E-state index < -0.39 is 0 Å². The maximum Gasteiger partial charge on any atom is 0.128 e. The standard InChI is InChI=1S/C16H15FN4/c17-14-9-5-4-8-13(14)11-21-16(15(10-18)19-20-21)12-6-2-1-3-7-12/h1-9H,10-11,18H2. The fourth-order valence-electron chi connectivity index (χ4n) is 2.30. The fraction of sp³-hybridized carbons (Fsp3) is 0.125. The molecule has 5 heteroatoms. The van der Waals surface area contributed by atoms with Crippen molar-refractivity contribution in [3.63, 3.8) is 0 Å². The number of benzene rings is 2. The van der Waals surface area contributed by atoms with Crippen LogP contribution in [0.5, 0.6) is 0 Å². The number of halogens is 1. The van der Waals surface area contributed by atoms with Crippen LogP contribution >= 0.6 is 0 Å². The zero-order valence-corrected chi connectivity index (χ0v) is 11.4. The zero-order chi connectivity index (χ0) is 14.7. The van der Waals surface area contributed by atoms with Gasteiger partial charge in [0.15, 0.2) is 0 Å². The second-order valence-corrected chi connectivity index (χ2v) is 4.70. The molecule has 3 rings (SSSR count). The number of hydrogen-bond donors (Lipinski definition) is 1. The summed E-state index contributed by atoms with van der Waals surface area (Å²) in [6, 6.07) is 16.4. The lowest BCUT2D eigenvalue weighted by Gasteiger charge is -2.08.